The second-order valence-electron chi connectivity index (χ2n) is 3.76. The Bertz CT molecular complexity index is 215. The number of nitrogens with zero attached hydrogens (tertiary/aromatic N) is 2. The van der Waals surface area contributed by atoms with Crippen molar-refractivity contribution >= 4 is 8.32 Å². The van der Waals surface area contributed by atoms with E-state index in [2.05, 4.69) is 24.6 Å². The lowest BCUT2D eigenvalue weighted by molar-refractivity contribution is 0.292. The van der Waals surface area contributed by atoms with Crippen LogP contribution in [-0.2, 0) is 11.0 Å². The summed E-state index contributed by atoms with van der Waals surface area (Å²) in [5.74, 6) is 0. The molecule has 68 valence electrons. The molecule has 0 bridgehead atoms. The van der Waals surface area contributed by atoms with Crippen LogP contribution in [0.15, 0.2) is 18.7 Å². The van der Waals surface area contributed by atoms with E-state index in [1.807, 2.05) is 17.1 Å². The van der Waals surface area contributed by atoms with Crippen LogP contribution in [-0.4, -0.2) is 24.5 Å². The second kappa shape index (κ2) is 3.87. The molecule has 0 aliphatic rings. The Morgan fingerprint density at radius 1 is 1.42 bits per heavy atom. The molecule has 1 aromatic rings. The van der Waals surface area contributed by atoms with Crippen molar-refractivity contribution in [1.82, 2.24) is 9.55 Å². The molecule has 0 saturated heterocycles. The molecule has 0 aliphatic carbocycles. The van der Waals surface area contributed by atoms with Gasteiger partial charge in [-0.05, 0) is 19.6 Å². The van der Waals surface area contributed by atoms with Crippen molar-refractivity contribution < 1.29 is 4.43 Å². The molecule has 4 heteroatoms. The second-order valence-corrected chi connectivity index (χ2v) is 8.27. The van der Waals surface area contributed by atoms with Gasteiger partial charge in [-0.1, -0.05) is 0 Å². The largest absolute Gasteiger partial charge is 0.416 e. The number of rotatable bonds is 4. The molecule has 0 saturated carbocycles. The highest BCUT2D eigenvalue weighted by atomic mass is 28.4. The van der Waals surface area contributed by atoms with Gasteiger partial charge in [-0.25, -0.2) is 4.98 Å². The topological polar surface area (TPSA) is 27.1 Å². The Kier molecular flexibility index (Phi) is 3.05. The van der Waals surface area contributed by atoms with Crippen LogP contribution in [0, 0.1) is 0 Å². The van der Waals surface area contributed by atoms with Crippen LogP contribution < -0.4 is 0 Å². The summed E-state index contributed by atoms with van der Waals surface area (Å²) in [6, 6.07) is 0. The van der Waals surface area contributed by atoms with Crippen molar-refractivity contribution in [2.24, 2.45) is 0 Å². The van der Waals surface area contributed by atoms with Crippen molar-refractivity contribution in [2.45, 2.75) is 26.2 Å². The van der Waals surface area contributed by atoms with E-state index in [0.29, 0.717) is 0 Å². The first-order chi connectivity index (χ1) is 5.58. The van der Waals surface area contributed by atoms with Crippen molar-refractivity contribution in [3.63, 3.8) is 0 Å². The third kappa shape index (κ3) is 3.68. The molecule has 0 spiro atoms. The third-order valence-electron chi connectivity index (χ3n) is 1.44. The predicted molar refractivity (Wildman–Crippen MR) is 51.5 cm³/mol. The fraction of sp³-hybridized carbons (Fsp3) is 0.625. The Balaban J connectivity index is 2.20. The highest BCUT2D eigenvalue weighted by molar-refractivity contribution is 6.69. The Morgan fingerprint density at radius 3 is 2.67 bits per heavy atom. The fourth-order valence-corrected chi connectivity index (χ4v) is 1.58. The Morgan fingerprint density at radius 2 is 2.17 bits per heavy atom. The smallest absolute Gasteiger partial charge is 0.183 e. The summed E-state index contributed by atoms with van der Waals surface area (Å²) in [5, 5.41) is 0. The van der Waals surface area contributed by atoms with Crippen molar-refractivity contribution in [1.29, 1.82) is 0 Å². The monoisotopic (exact) mass is 184 g/mol. The SMILES string of the molecule is C[Si](C)(C)OCCn1ccnc1. The molecule has 1 heterocycles. The average molecular weight is 184 g/mol. The predicted octanol–water partition coefficient (Wildman–Crippen LogP) is 1.73. The molecule has 0 radical (unpaired) electrons. The van der Waals surface area contributed by atoms with E-state index in [4.69, 9.17) is 4.43 Å². The standard InChI is InChI=1S/C8H16N2OSi/c1-12(2,3)11-7-6-10-5-4-9-8-10/h4-5,8H,6-7H2,1-3H3. The van der Waals surface area contributed by atoms with Gasteiger partial charge in [0.05, 0.1) is 12.9 Å². The molecule has 0 unspecified atom stereocenters. The van der Waals surface area contributed by atoms with Crippen LogP contribution in [0.25, 0.3) is 0 Å². The number of hydrogen-bond acceptors (Lipinski definition) is 2. The zero-order valence-corrected chi connectivity index (χ0v) is 8.95. The maximum absolute atomic E-state index is 5.69. The normalized spacial score (nSPS) is 11.9. The number of aromatic nitrogens is 2. The summed E-state index contributed by atoms with van der Waals surface area (Å²) in [4.78, 5) is 3.96. The molecule has 0 amide bonds. The quantitative estimate of drug-likeness (QED) is 0.666. The maximum Gasteiger partial charge on any atom is 0.183 e. The highest BCUT2D eigenvalue weighted by Gasteiger charge is 2.12. The average Bonchev–Trinajstić information content (AvgIpc) is 2.36. The minimum Gasteiger partial charge on any atom is -0.416 e. The maximum atomic E-state index is 5.69. The Hall–Kier alpha value is -0.613. The van der Waals surface area contributed by atoms with E-state index in [1.54, 1.807) is 6.20 Å². The summed E-state index contributed by atoms with van der Waals surface area (Å²) in [6.07, 6.45) is 5.55. The molecule has 0 atom stereocenters. The van der Waals surface area contributed by atoms with Crippen LogP contribution >= 0.6 is 0 Å². The molecular formula is C8H16N2OSi. The third-order valence-corrected chi connectivity index (χ3v) is 2.51. The fourth-order valence-electron chi connectivity index (χ4n) is 0.876. The van der Waals surface area contributed by atoms with Crippen molar-refractivity contribution in [2.75, 3.05) is 6.61 Å². The first-order valence-electron chi connectivity index (χ1n) is 4.18. The molecule has 0 aromatic carbocycles. The minimum atomic E-state index is -1.32. The Labute approximate surface area is 74.5 Å². The van der Waals surface area contributed by atoms with E-state index in [-0.39, 0.29) is 0 Å². The molecule has 1 rings (SSSR count). The van der Waals surface area contributed by atoms with Gasteiger partial charge in [-0.3, -0.25) is 0 Å². The minimum absolute atomic E-state index is 0.798. The van der Waals surface area contributed by atoms with Gasteiger partial charge in [0.25, 0.3) is 0 Å². The zero-order chi connectivity index (χ0) is 9.03. The zero-order valence-electron chi connectivity index (χ0n) is 7.95. The molecule has 0 aliphatic heterocycles. The lowest BCUT2D eigenvalue weighted by atomic mass is 10.7. The van der Waals surface area contributed by atoms with Crippen molar-refractivity contribution in [3.8, 4) is 0 Å². The molecular weight excluding hydrogens is 168 g/mol. The van der Waals surface area contributed by atoms with Crippen LogP contribution in [0.5, 0.6) is 0 Å². The molecule has 12 heavy (non-hydrogen) atoms. The molecule has 0 N–H and O–H groups in total. The van der Waals surface area contributed by atoms with E-state index >= 15 is 0 Å². The highest BCUT2D eigenvalue weighted by Crippen LogP contribution is 2.02. The summed E-state index contributed by atoms with van der Waals surface area (Å²) in [5.41, 5.74) is 0. The molecule has 0 fully saturated rings. The lowest BCUT2D eigenvalue weighted by Crippen LogP contribution is -2.27. The van der Waals surface area contributed by atoms with Gasteiger partial charge in [0.15, 0.2) is 8.32 Å². The first-order valence-corrected chi connectivity index (χ1v) is 7.58. The van der Waals surface area contributed by atoms with Gasteiger partial charge < -0.3 is 8.99 Å². The van der Waals surface area contributed by atoms with E-state index in [9.17, 15) is 0 Å². The van der Waals surface area contributed by atoms with Gasteiger partial charge in [-0.2, -0.15) is 0 Å². The van der Waals surface area contributed by atoms with Gasteiger partial charge in [-0.15, -0.1) is 0 Å². The summed E-state index contributed by atoms with van der Waals surface area (Å²) in [6.45, 7) is 8.29. The summed E-state index contributed by atoms with van der Waals surface area (Å²) >= 11 is 0. The van der Waals surface area contributed by atoms with Crippen LogP contribution in [0.4, 0.5) is 0 Å². The summed E-state index contributed by atoms with van der Waals surface area (Å²) in [7, 11) is -1.32. The van der Waals surface area contributed by atoms with Crippen molar-refractivity contribution in [3.05, 3.63) is 18.7 Å². The van der Waals surface area contributed by atoms with E-state index in [0.717, 1.165) is 13.2 Å². The molecule has 1 aromatic heterocycles. The van der Waals surface area contributed by atoms with Gasteiger partial charge in [0.1, 0.15) is 0 Å². The van der Waals surface area contributed by atoms with Crippen LogP contribution in [0.3, 0.4) is 0 Å². The van der Waals surface area contributed by atoms with E-state index in [1.165, 1.54) is 0 Å². The lowest BCUT2D eigenvalue weighted by Gasteiger charge is -2.16. The number of hydrogen-bond donors (Lipinski definition) is 0. The first kappa shape index (κ1) is 9.47. The van der Waals surface area contributed by atoms with Gasteiger partial charge in [0, 0.05) is 18.9 Å². The molecule has 3 nitrogen and oxygen atoms in total. The van der Waals surface area contributed by atoms with Gasteiger partial charge in [0.2, 0.25) is 0 Å². The van der Waals surface area contributed by atoms with Crippen LogP contribution in [0.2, 0.25) is 19.6 Å². The van der Waals surface area contributed by atoms with Crippen LogP contribution in [0.1, 0.15) is 0 Å². The summed E-state index contributed by atoms with van der Waals surface area (Å²) < 4.78 is 7.72. The van der Waals surface area contributed by atoms with E-state index < -0.39 is 8.32 Å². The number of imidazole rings is 1. The van der Waals surface area contributed by atoms with Gasteiger partial charge >= 0.3 is 0 Å².